The molecule has 1 heterocycles. The topological polar surface area (TPSA) is 61.2 Å². The van der Waals surface area contributed by atoms with Crippen molar-refractivity contribution in [1.82, 2.24) is 9.78 Å². The maximum atomic E-state index is 12.2. The normalized spacial score (nSPS) is 10.8. The Bertz CT molecular complexity index is 974. The predicted molar refractivity (Wildman–Crippen MR) is 100 cm³/mol. The summed E-state index contributed by atoms with van der Waals surface area (Å²) in [4.78, 5) is 24.4. The summed E-state index contributed by atoms with van der Waals surface area (Å²) in [5, 5.41) is 4.17. The highest BCUT2D eigenvalue weighted by Crippen LogP contribution is 2.12. The van der Waals surface area contributed by atoms with Gasteiger partial charge in [-0.1, -0.05) is 30.3 Å². The van der Waals surface area contributed by atoms with Gasteiger partial charge < -0.3 is 4.74 Å². The number of nitrogens with zero attached hydrogens (tertiary/aromatic N) is 2. The van der Waals surface area contributed by atoms with Crippen LogP contribution in [0.3, 0.4) is 0 Å². The molecule has 0 bridgehead atoms. The van der Waals surface area contributed by atoms with E-state index in [-0.39, 0.29) is 11.3 Å². The molecule has 0 N–H and O–H groups in total. The molecule has 0 spiro atoms. The van der Waals surface area contributed by atoms with Crippen LogP contribution in [0.25, 0.3) is 6.08 Å². The number of hydrogen-bond donors (Lipinski definition) is 0. The van der Waals surface area contributed by atoms with Gasteiger partial charge in [-0.15, -0.1) is 0 Å². The second kappa shape index (κ2) is 8.07. The highest BCUT2D eigenvalue weighted by Gasteiger charge is 2.03. The Morgan fingerprint density at radius 3 is 2.50 bits per heavy atom. The second-order valence-electron chi connectivity index (χ2n) is 5.70. The van der Waals surface area contributed by atoms with Crippen LogP contribution < -0.4 is 10.3 Å². The fraction of sp³-hybridized carbons (Fsp3) is 0.0952. The third-order valence-electron chi connectivity index (χ3n) is 3.87. The van der Waals surface area contributed by atoms with Crippen molar-refractivity contribution in [3.05, 3.63) is 100.0 Å². The number of benzene rings is 2. The summed E-state index contributed by atoms with van der Waals surface area (Å²) >= 11 is 0. The van der Waals surface area contributed by atoms with Gasteiger partial charge in [0.05, 0.1) is 19.9 Å². The molecule has 26 heavy (non-hydrogen) atoms. The van der Waals surface area contributed by atoms with Crippen LogP contribution in [0.2, 0.25) is 0 Å². The average Bonchev–Trinajstić information content (AvgIpc) is 2.69. The van der Waals surface area contributed by atoms with Crippen molar-refractivity contribution in [1.29, 1.82) is 0 Å². The molecule has 2 aromatic carbocycles. The first kappa shape index (κ1) is 17.4. The van der Waals surface area contributed by atoms with Gasteiger partial charge in [-0.05, 0) is 42.0 Å². The molecule has 0 fully saturated rings. The lowest BCUT2D eigenvalue weighted by Gasteiger charge is -2.04. The van der Waals surface area contributed by atoms with Gasteiger partial charge in [-0.3, -0.25) is 9.59 Å². The number of rotatable bonds is 6. The first-order chi connectivity index (χ1) is 12.7. The van der Waals surface area contributed by atoms with E-state index in [0.717, 1.165) is 5.56 Å². The van der Waals surface area contributed by atoms with Crippen LogP contribution in [0.5, 0.6) is 5.75 Å². The quantitative estimate of drug-likeness (QED) is 0.508. The minimum atomic E-state index is -0.215. The molecule has 0 saturated carbocycles. The smallest absolute Gasteiger partial charge is 0.267 e. The first-order valence-corrected chi connectivity index (χ1v) is 8.13. The predicted octanol–water partition coefficient (Wildman–Crippen LogP) is 3.20. The van der Waals surface area contributed by atoms with Crippen LogP contribution in [0.4, 0.5) is 0 Å². The summed E-state index contributed by atoms with van der Waals surface area (Å²) in [6, 6.07) is 18.0. The Balaban J connectivity index is 1.71. The SMILES string of the molecule is COc1ccc(C(=O)/C=C/c2cnn(Cc3ccccc3)c(=O)c2)cc1. The maximum Gasteiger partial charge on any atom is 0.267 e. The van der Waals surface area contributed by atoms with Gasteiger partial charge in [0.1, 0.15) is 5.75 Å². The number of carbonyl (C=O) groups is 1. The van der Waals surface area contributed by atoms with Gasteiger partial charge in [0.2, 0.25) is 0 Å². The van der Waals surface area contributed by atoms with Crippen molar-refractivity contribution >= 4 is 11.9 Å². The van der Waals surface area contributed by atoms with Crippen molar-refractivity contribution in [2.75, 3.05) is 7.11 Å². The van der Waals surface area contributed by atoms with Crippen LogP contribution in [-0.2, 0) is 6.54 Å². The summed E-state index contributed by atoms with van der Waals surface area (Å²) in [6.07, 6.45) is 4.59. The molecule has 0 unspecified atom stereocenters. The molecule has 1 aromatic heterocycles. The molecule has 3 rings (SSSR count). The number of aromatic nitrogens is 2. The zero-order chi connectivity index (χ0) is 18.4. The largest absolute Gasteiger partial charge is 0.497 e. The van der Waals surface area contributed by atoms with Crippen LogP contribution in [-0.4, -0.2) is 22.7 Å². The summed E-state index contributed by atoms with van der Waals surface area (Å²) in [6.45, 7) is 0.411. The van der Waals surface area contributed by atoms with Crippen molar-refractivity contribution < 1.29 is 9.53 Å². The van der Waals surface area contributed by atoms with Crippen molar-refractivity contribution in [2.24, 2.45) is 0 Å². The number of carbonyl (C=O) groups excluding carboxylic acids is 1. The number of ketones is 1. The van der Waals surface area contributed by atoms with Crippen molar-refractivity contribution in [3.8, 4) is 5.75 Å². The van der Waals surface area contributed by atoms with Crippen LogP contribution in [0, 0.1) is 0 Å². The lowest BCUT2D eigenvalue weighted by atomic mass is 10.1. The summed E-state index contributed by atoms with van der Waals surface area (Å²) in [7, 11) is 1.57. The lowest BCUT2D eigenvalue weighted by molar-refractivity contribution is 0.104. The Hall–Kier alpha value is -3.47. The summed E-state index contributed by atoms with van der Waals surface area (Å²) in [5.74, 6) is 0.540. The minimum absolute atomic E-state index is 0.152. The highest BCUT2D eigenvalue weighted by molar-refractivity contribution is 6.06. The van der Waals surface area contributed by atoms with E-state index in [0.29, 0.717) is 23.4 Å². The van der Waals surface area contributed by atoms with E-state index in [1.807, 2.05) is 30.3 Å². The van der Waals surface area contributed by atoms with E-state index in [1.165, 1.54) is 16.8 Å². The standard InChI is InChI=1S/C21H18N2O3/c1-26-19-10-8-18(9-11-19)20(24)12-7-17-13-21(25)23(22-14-17)15-16-5-3-2-4-6-16/h2-14H,15H2,1H3/b12-7+. The van der Waals surface area contributed by atoms with E-state index < -0.39 is 0 Å². The fourth-order valence-corrected chi connectivity index (χ4v) is 2.44. The van der Waals surface area contributed by atoms with Gasteiger partial charge in [-0.25, -0.2) is 4.68 Å². The molecule has 5 heteroatoms. The lowest BCUT2D eigenvalue weighted by Crippen LogP contribution is -2.22. The summed E-state index contributed by atoms with van der Waals surface area (Å²) in [5.41, 5.74) is 1.92. The third kappa shape index (κ3) is 4.33. The first-order valence-electron chi connectivity index (χ1n) is 8.13. The fourth-order valence-electron chi connectivity index (χ4n) is 2.44. The Labute approximate surface area is 151 Å². The highest BCUT2D eigenvalue weighted by atomic mass is 16.5. The van der Waals surface area contributed by atoms with E-state index in [2.05, 4.69) is 5.10 Å². The van der Waals surface area contributed by atoms with Gasteiger partial charge in [-0.2, -0.15) is 5.10 Å². The Morgan fingerprint density at radius 1 is 1.12 bits per heavy atom. The molecule has 0 saturated heterocycles. The number of hydrogen-bond acceptors (Lipinski definition) is 4. The number of allylic oxidation sites excluding steroid dienone is 1. The second-order valence-corrected chi connectivity index (χ2v) is 5.70. The molecule has 3 aromatic rings. The Morgan fingerprint density at radius 2 is 1.85 bits per heavy atom. The van der Waals surface area contributed by atoms with Gasteiger partial charge >= 0.3 is 0 Å². The monoisotopic (exact) mass is 346 g/mol. The molecule has 0 radical (unpaired) electrons. The van der Waals surface area contributed by atoms with Crippen molar-refractivity contribution in [2.45, 2.75) is 6.54 Å². The van der Waals surface area contributed by atoms with E-state index in [4.69, 9.17) is 4.74 Å². The van der Waals surface area contributed by atoms with Crippen LogP contribution in [0.1, 0.15) is 21.5 Å². The van der Waals surface area contributed by atoms with Crippen molar-refractivity contribution in [3.63, 3.8) is 0 Å². The minimum Gasteiger partial charge on any atom is -0.497 e. The zero-order valence-corrected chi connectivity index (χ0v) is 14.3. The molecule has 0 aliphatic carbocycles. The maximum absolute atomic E-state index is 12.2. The number of methoxy groups -OCH3 is 1. The van der Waals surface area contributed by atoms with Gasteiger partial charge in [0, 0.05) is 17.2 Å². The molecule has 0 aliphatic rings. The zero-order valence-electron chi connectivity index (χ0n) is 14.3. The van der Waals surface area contributed by atoms with Crippen LogP contribution in [0.15, 0.2) is 77.7 Å². The third-order valence-corrected chi connectivity index (χ3v) is 3.87. The number of ether oxygens (including phenoxy) is 1. The van der Waals surface area contributed by atoms with E-state index in [1.54, 1.807) is 43.6 Å². The van der Waals surface area contributed by atoms with Crippen LogP contribution >= 0.6 is 0 Å². The Kier molecular flexibility index (Phi) is 5.39. The van der Waals surface area contributed by atoms with Gasteiger partial charge in [0.15, 0.2) is 5.78 Å². The molecule has 130 valence electrons. The summed E-state index contributed by atoms with van der Waals surface area (Å²) < 4.78 is 6.46. The van der Waals surface area contributed by atoms with E-state index >= 15 is 0 Å². The molecule has 0 aliphatic heterocycles. The molecule has 0 amide bonds. The molecular formula is C21H18N2O3. The van der Waals surface area contributed by atoms with Gasteiger partial charge in [0.25, 0.3) is 5.56 Å². The molecule has 0 atom stereocenters. The molecule has 5 nitrogen and oxygen atoms in total. The van der Waals surface area contributed by atoms with E-state index in [9.17, 15) is 9.59 Å². The average molecular weight is 346 g/mol. The molecular weight excluding hydrogens is 328 g/mol.